The van der Waals surface area contributed by atoms with E-state index in [9.17, 15) is 9.59 Å². The van der Waals surface area contributed by atoms with Crippen LogP contribution in [-0.2, 0) is 17.8 Å². The first-order valence-corrected chi connectivity index (χ1v) is 7.86. The van der Waals surface area contributed by atoms with Crippen LogP contribution in [-0.4, -0.2) is 16.1 Å². The second-order valence-corrected chi connectivity index (χ2v) is 5.83. The van der Waals surface area contributed by atoms with Gasteiger partial charge in [0, 0.05) is 12.0 Å². The van der Waals surface area contributed by atoms with Crippen molar-refractivity contribution in [2.24, 2.45) is 0 Å². The summed E-state index contributed by atoms with van der Waals surface area (Å²) in [6.45, 7) is 1.89. The molecule has 0 N–H and O–H groups in total. The van der Waals surface area contributed by atoms with Crippen molar-refractivity contribution in [2.75, 3.05) is 0 Å². The molecule has 4 nitrogen and oxygen atoms in total. The molecule has 0 bridgehead atoms. The van der Waals surface area contributed by atoms with E-state index >= 15 is 0 Å². The largest absolute Gasteiger partial charge is 0.300 e. The standard InChI is InChI=1S/C20H19N2O2/c1-16(23)13-17-7-9-19(10-8-17)22-12-11-21(15-22)14-20(24)18-5-3-2-4-6-18/h2-12,15H,13-14H2,1H3/q+1. The molecule has 0 atom stereocenters. The molecule has 1 aromatic heterocycles. The molecule has 0 spiro atoms. The van der Waals surface area contributed by atoms with Gasteiger partial charge in [-0.25, -0.2) is 9.13 Å². The third-order valence-corrected chi connectivity index (χ3v) is 3.80. The van der Waals surface area contributed by atoms with Crippen LogP contribution in [0.25, 0.3) is 5.69 Å². The highest BCUT2D eigenvalue weighted by Crippen LogP contribution is 2.10. The van der Waals surface area contributed by atoms with Crippen molar-refractivity contribution >= 4 is 11.6 Å². The van der Waals surface area contributed by atoms with Crippen molar-refractivity contribution in [1.29, 1.82) is 0 Å². The van der Waals surface area contributed by atoms with Crippen LogP contribution in [0.3, 0.4) is 0 Å². The van der Waals surface area contributed by atoms with E-state index in [4.69, 9.17) is 0 Å². The Kier molecular flexibility index (Phi) is 4.66. The predicted molar refractivity (Wildman–Crippen MR) is 91.1 cm³/mol. The van der Waals surface area contributed by atoms with Gasteiger partial charge in [-0.2, -0.15) is 0 Å². The van der Waals surface area contributed by atoms with Crippen LogP contribution in [0, 0.1) is 0 Å². The fourth-order valence-corrected chi connectivity index (χ4v) is 2.60. The smallest absolute Gasteiger partial charge is 0.249 e. The zero-order chi connectivity index (χ0) is 16.9. The average Bonchev–Trinajstić information content (AvgIpc) is 3.04. The number of imidazole rings is 1. The first-order valence-electron chi connectivity index (χ1n) is 7.86. The Hall–Kier alpha value is -3.01. The number of carbonyl (C=O) groups excluding carboxylic acids is 2. The van der Waals surface area contributed by atoms with Gasteiger partial charge in [-0.05, 0) is 24.6 Å². The summed E-state index contributed by atoms with van der Waals surface area (Å²) in [5.74, 6) is 0.233. The van der Waals surface area contributed by atoms with E-state index in [1.54, 1.807) is 6.92 Å². The number of carbonyl (C=O) groups is 2. The van der Waals surface area contributed by atoms with E-state index in [-0.39, 0.29) is 11.6 Å². The molecule has 24 heavy (non-hydrogen) atoms. The maximum Gasteiger partial charge on any atom is 0.249 e. The van der Waals surface area contributed by atoms with Gasteiger partial charge in [0.2, 0.25) is 12.1 Å². The molecule has 0 amide bonds. The molecule has 0 aliphatic rings. The van der Waals surface area contributed by atoms with Gasteiger partial charge in [-0.1, -0.05) is 42.5 Å². The molecule has 0 aliphatic carbocycles. The Labute approximate surface area is 141 Å². The Bertz CT molecular complexity index is 849. The minimum absolute atomic E-state index is 0.0788. The van der Waals surface area contributed by atoms with Crippen molar-refractivity contribution in [2.45, 2.75) is 19.9 Å². The highest BCUT2D eigenvalue weighted by Gasteiger charge is 2.12. The summed E-state index contributed by atoms with van der Waals surface area (Å²) >= 11 is 0. The van der Waals surface area contributed by atoms with E-state index < -0.39 is 0 Å². The van der Waals surface area contributed by atoms with Gasteiger partial charge in [0.25, 0.3) is 0 Å². The highest BCUT2D eigenvalue weighted by molar-refractivity contribution is 5.94. The Morgan fingerprint density at radius 1 is 1.00 bits per heavy atom. The summed E-state index contributed by atoms with van der Waals surface area (Å²) < 4.78 is 3.81. The van der Waals surface area contributed by atoms with Crippen molar-refractivity contribution in [3.63, 3.8) is 0 Å². The normalized spacial score (nSPS) is 10.5. The number of nitrogens with zero attached hydrogens (tertiary/aromatic N) is 2. The average molecular weight is 319 g/mol. The molecule has 0 saturated carbocycles. The third kappa shape index (κ3) is 3.84. The molecule has 120 valence electrons. The molecule has 3 aromatic rings. The molecule has 0 saturated heterocycles. The molecule has 1 heterocycles. The minimum Gasteiger partial charge on any atom is -0.300 e. The molecular formula is C20H19N2O2+. The number of hydrogen-bond acceptors (Lipinski definition) is 2. The molecule has 2 aromatic carbocycles. The molecule has 0 aliphatic heterocycles. The zero-order valence-corrected chi connectivity index (χ0v) is 13.6. The lowest BCUT2D eigenvalue weighted by molar-refractivity contribution is -0.682. The van der Waals surface area contributed by atoms with Gasteiger partial charge in [0.15, 0.2) is 6.54 Å². The third-order valence-electron chi connectivity index (χ3n) is 3.80. The van der Waals surface area contributed by atoms with Gasteiger partial charge < -0.3 is 0 Å². The summed E-state index contributed by atoms with van der Waals surface area (Å²) in [4.78, 5) is 23.4. The molecule has 0 unspecified atom stereocenters. The Morgan fingerprint density at radius 2 is 1.71 bits per heavy atom. The monoisotopic (exact) mass is 319 g/mol. The molecule has 4 heteroatoms. The van der Waals surface area contributed by atoms with Gasteiger partial charge >= 0.3 is 0 Å². The summed E-state index contributed by atoms with van der Waals surface area (Å²) in [6, 6.07) is 17.1. The lowest BCUT2D eigenvalue weighted by Gasteiger charge is -2.00. The fourth-order valence-electron chi connectivity index (χ4n) is 2.60. The van der Waals surface area contributed by atoms with Crippen molar-refractivity contribution in [3.05, 3.63) is 84.4 Å². The van der Waals surface area contributed by atoms with Crippen LogP contribution in [0.5, 0.6) is 0 Å². The fraction of sp³-hybridized carbons (Fsp3) is 0.150. The van der Waals surface area contributed by atoms with Crippen molar-refractivity contribution in [1.82, 2.24) is 4.57 Å². The molecule has 3 rings (SSSR count). The first kappa shape index (κ1) is 15.9. The zero-order valence-electron chi connectivity index (χ0n) is 13.6. The van der Waals surface area contributed by atoms with Crippen LogP contribution in [0.1, 0.15) is 22.8 Å². The minimum atomic E-state index is 0.0788. The van der Waals surface area contributed by atoms with E-state index in [0.717, 1.165) is 11.3 Å². The maximum absolute atomic E-state index is 12.2. The van der Waals surface area contributed by atoms with Gasteiger partial charge in [-0.3, -0.25) is 9.59 Å². The van der Waals surface area contributed by atoms with E-state index in [1.165, 1.54) is 0 Å². The van der Waals surface area contributed by atoms with Crippen LogP contribution in [0.2, 0.25) is 0 Å². The molecule has 0 fully saturated rings. The SMILES string of the molecule is CC(=O)Cc1ccc(-n2cc[n+](CC(=O)c3ccccc3)c2)cc1. The Morgan fingerprint density at radius 3 is 2.38 bits per heavy atom. The Balaban J connectivity index is 1.71. The van der Waals surface area contributed by atoms with Gasteiger partial charge in [0.05, 0.1) is 0 Å². The molecular weight excluding hydrogens is 300 g/mol. The van der Waals surface area contributed by atoms with Crippen molar-refractivity contribution < 1.29 is 14.2 Å². The first-order chi connectivity index (χ1) is 11.6. The second kappa shape index (κ2) is 7.04. The van der Waals surface area contributed by atoms with Crippen LogP contribution in [0.15, 0.2) is 73.3 Å². The summed E-state index contributed by atoms with van der Waals surface area (Å²) in [7, 11) is 0. The summed E-state index contributed by atoms with van der Waals surface area (Å²) in [5, 5.41) is 0. The number of aromatic nitrogens is 2. The topological polar surface area (TPSA) is 43.0 Å². The molecule has 0 radical (unpaired) electrons. The van der Waals surface area contributed by atoms with Crippen LogP contribution in [0.4, 0.5) is 0 Å². The number of rotatable bonds is 6. The summed E-state index contributed by atoms with van der Waals surface area (Å²) in [5.41, 5.74) is 2.71. The van der Waals surface area contributed by atoms with E-state index in [2.05, 4.69) is 0 Å². The summed E-state index contributed by atoms with van der Waals surface area (Å²) in [6.07, 6.45) is 6.14. The number of hydrogen-bond donors (Lipinski definition) is 0. The van der Waals surface area contributed by atoms with Crippen LogP contribution < -0.4 is 4.57 Å². The number of Topliss-reactive ketones (excluding diaryl/α,β-unsaturated/α-hetero) is 2. The van der Waals surface area contributed by atoms with E-state index in [0.29, 0.717) is 18.5 Å². The number of ketones is 2. The van der Waals surface area contributed by atoms with Crippen LogP contribution >= 0.6 is 0 Å². The van der Waals surface area contributed by atoms with Gasteiger partial charge in [-0.15, -0.1) is 0 Å². The highest BCUT2D eigenvalue weighted by atomic mass is 16.1. The van der Waals surface area contributed by atoms with Crippen molar-refractivity contribution in [3.8, 4) is 5.69 Å². The lowest BCUT2D eigenvalue weighted by Crippen LogP contribution is -2.35. The van der Waals surface area contributed by atoms with Gasteiger partial charge in [0.1, 0.15) is 23.9 Å². The lowest BCUT2D eigenvalue weighted by atomic mass is 10.1. The van der Waals surface area contributed by atoms with E-state index in [1.807, 2.05) is 82.5 Å². The second-order valence-electron chi connectivity index (χ2n) is 5.83. The maximum atomic E-state index is 12.2. The quantitative estimate of drug-likeness (QED) is 0.518. The predicted octanol–water partition coefficient (Wildman–Crippen LogP) is 2.78. The number of benzene rings is 2.